The number of Topliss-reactive ketones (excluding diaryl/α,β-unsaturated/α-hetero) is 1. The number of carbonyl (C=O) groups excluding carboxylic acids is 1. The fraction of sp³-hybridized carbons (Fsp3) is 0.864. The summed E-state index contributed by atoms with van der Waals surface area (Å²) >= 11 is 0. The normalized spacial score (nSPS) is 62.7. The van der Waals surface area contributed by atoms with Crippen molar-refractivity contribution >= 4 is 5.78 Å². The summed E-state index contributed by atoms with van der Waals surface area (Å²) in [6.07, 6.45) is 3.50. The maximum Gasteiger partial charge on any atom is 0.140 e. The molecule has 26 heavy (non-hydrogen) atoms. The first-order valence-electron chi connectivity index (χ1n) is 10.6. The number of rotatable bonds is 1. The van der Waals surface area contributed by atoms with Crippen molar-refractivity contribution in [2.45, 2.75) is 64.2 Å². The van der Waals surface area contributed by atoms with Crippen molar-refractivity contribution < 1.29 is 15.0 Å². The third-order valence-corrected chi connectivity index (χ3v) is 10.4. The third kappa shape index (κ3) is 1.33. The van der Waals surface area contributed by atoms with Crippen LogP contribution in [-0.2, 0) is 4.79 Å². The standard InChI is InChI=1S/C22H31NO3/c1-4-23-10-20(3)6-5-17(25)22-15(20)7-13(18(22)23)21-9-12(11(2)19(21)26)14(24)8-16(21)22/h12-13,15-19,25-26H,2,4-10H2,1,3H3/t12?,13-,15+,16+,17-,18+,19+,20-,21+,22-/m0/s1. The molecule has 0 aromatic carbocycles. The number of aliphatic hydroxyl groups is 2. The summed E-state index contributed by atoms with van der Waals surface area (Å²) in [6, 6.07) is 0.331. The van der Waals surface area contributed by atoms with Crippen molar-refractivity contribution in [1.29, 1.82) is 0 Å². The second kappa shape index (κ2) is 4.47. The molecular formula is C22H31NO3. The van der Waals surface area contributed by atoms with Crippen LogP contribution in [-0.4, -0.2) is 52.2 Å². The van der Waals surface area contributed by atoms with Crippen molar-refractivity contribution in [2.24, 2.45) is 39.9 Å². The predicted molar refractivity (Wildman–Crippen MR) is 97.2 cm³/mol. The minimum Gasteiger partial charge on any atom is -0.392 e. The summed E-state index contributed by atoms with van der Waals surface area (Å²) in [5.41, 5.74) is 0.598. The van der Waals surface area contributed by atoms with E-state index in [2.05, 4.69) is 25.3 Å². The number of fused-ring (bicyclic) bond motifs is 1. The van der Waals surface area contributed by atoms with Gasteiger partial charge in [-0.15, -0.1) is 0 Å². The monoisotopic (exact) mass is 357 g/mol. The van der Waals surface area contributed by atoms with Gasteiger partial charge in [-0.2, -0.15) is 0 Å². The van der Waals surface area contributed by atoms with Gasteiger partial charge in [0.15, 0.2) is 0 Å². The van der Waals surface area contributed by atoms with Crippen LogP contribution in [0.25, 0.3) is 0 Å². The van der Waals surface area contributed by atoms with Gasteiger partial charge in [-0.05, 0) is 61.0 Å². The van der Waals surface area contributed by atoms with E-state index < -0.39 is 6.10 Å². The molecule has 10 atom stereocenters. The molecule has 0 radical (unpaired) electrons. The minimum absolute atomic E-state index is 0.130. The second-order valence-electron chi connectivity index (χ2n) is 10.7. The summed E-state index contributed by atoms with van der Waals surface area (Å²) in [4.78, 5) is 15.6. The maximum absolute atomic E-state index is 13.0. The molecule has 1 heterocycles. The molecule has 5 saturated carbocycles. The Labute approximate surface area is 155 Å². The highest BCUT2D eigenvalue weighted by Crippen LogP contribution is 2.83. The third-order valence-electron chi connectivity index (χ3n) is 10.4. The molecule has 6 fully saturated rings. The summed E-state index contributed by atoms with van der Waals surface area (Å²) in [5.74, 6) is 1.16. The van der Waals surface area contributed by atoms with Gasteiger partial charge in [0.2, 0.25) is 0 Å². The number of ketones is 1. The first-order valence-corrected chi connectivity index (χ1v) is 10.6. The number of likely N-dealkylation sites (tertiary alicyclic amines) is 1. The van der Waals surface area contributed by atoms with Crippen molar-refractivity contribution in [1.82, 2.24) is 4.90 Å². The molecule has 4 nitrogen and oxygen atoms in total. The van der Waals surface area contributed by atoms with E-state index in [1.54, 1.807) is 0 Å². The van der Waals surface area contributed by atoms with Gasteiger partial charge in [0.1, 0.15) is 5.78 Å². The molecule has 6 aliphatic rings. The Kier molecular flexibility index (Phi) is 2.80. The largest absolute Gasteiger partial charge is 0.392 e. The number of hydrogen-bond acceptors (Lipinski definition) is 4. The molecular weight excluding hydrogens is 326 g/mol. The Morgan fingerprint density at radius 2 is 2.08 bits per heavy atom. The van der Waals surface area contributed by atoms with Gasteiger partial charge >= 0.3 is 0 Å². The molecule has 0 aromatic rings. The first-order chi connectivity index (χ1) is 12.3. The molecule has 1 unspecified atom stereocenters. The lowest BCUT2D eigenvalue weighted by molar-refractivity contribution is -0.211. The van der Waals surface area contributed by atoms with Gasteiger partial charge < -0.3 is 10.2 Å². The van der Waals surface area contributed by atoms with E-state index in [4.69, 9.17) is 0 Å². The van der Waals surface area contributed by atoms with Gasteiger partial charge in [-0.1, -0.05) is 20.4 Å². The molecule has 5 aliphatic carbocycles. The summed E-state index contributed by atoms with van der Waals surface area (Å²) < 4.78 is 0. The Hall–Kier alpha value is -0.710. The van der Waals surface area contributed by atoms with Gasteiger partial charge in [0.25, 0.3) is 0 Å². The zero-order chi connectivity index (χ0) is 18.2. The number of carbonyl (C=O) groups is 1. The smallest absolute Gasteiger partial charge is 0.140 e. The fourth-order valence-corrected chi connectivity index (χ4v) is 9.75. The predicted octanol–water partition coefficient (Wildman–Crippen LogP) is 2.00. The van der Waals surface area contributed by atoms with Crippen LogP contribution in [0.1, 0.15) is 46.0 Å². The van der Waals surface area contributed by atoms with Crippen molar-refractivity contribution in [3.05, 3.63) is 12.2 Å². The lowest BCUT2D eigenvalue weighted by atomic mass is 9.43. The zero-order valence-electron chi connectivity index (χ0n) is 15.9. The average Bonchev–Trinajstić information content (AvgIpc) is 3.14. The van der Waals surface area contributed by atoms with Crippen LogP contribution in [0.2, 0.25) is 0 Å². The second-order valence-corrected chi connectivity index (χ2v) is 10.7. The molecule has 0 amide bonds. The van der Waals surface area contributed by atoms with Crippen LogP contribution < -0.4 is 0 Å². The minimum atomic E-state index is -0.561. The van der Waals surface area contributed by atoms with Gasteiger partial charge in [-0.25, -0.2) is 0 Å². The van der Waals surface area contributed by atoms with E-state index in [9.17, 15) is 15.0 Å². The van der Waals surface area contributed by atoms with E-state index in [0.29, 0.717) is 24.3 Å². The molecule has 1 saturated heterocycles. The average molecular weight is 357 g/mol. The Morgan fingerprint density at radius 3 is 2.81 bits per heavy atom. The van der Waals surface area contributed by atoms with Crippen LogP contribution in [0.5, 0.6) is 0 Å². The van der Waals surface area contributed by atoms with E-state index >= 15 is 0 Å². The summed E-state index contributed by atoms with van der Waals surface area (Å²) in [6.45, 7) is 10.9. The number of nitrogens with zero attached hydrogens (tertiary/aromatic N) is 1. The SMILES string of the molecule is C=C1C2C[C@]3([C@@H]1O)[C@@H](CC2=O)[C@]12[C@@H]4C[C@H]3[C@H]1N(CC)C[C@]4(C)CC[C@@H]2O. The van der Waals surface area contributed by atoms with E-state index in [0.717, 1.165) is 44.3 Å². The van der Waals surface area contributed by atoms with Crippen LogP contribution in [0, 0.1) is 39.9 Å². The fourth-order valence-electron chi connectivity index (χ4n) is 9.75. The highest BCUT2D eigenvalue weighted by atomic mass is 16.3. The van der Waals surface area contributed by atoms with Crippen LogP contribution >= 0.6 is 0 Å². The molecule has 2 spiro atoms. The summed E-state index contributed by atoms with van der Waals surface area (Å²) in [7, 11) is 0. The quantitative estimate of drug-likeness (QED) is 0.705. The molecule has 4 heteroatoms. The highest BCUT2D eigenvalue weighted by molar-refractivity contribution is 5.87. The molecule has 1 aliphatic heterocycles. The van der Waals surface area contributed by atoms with Crippen molar-refractivity contribution in [3.8, 4) is 0 Å². The van der Waals surface area contributed by atoms with Gasteiger partial charge in [-0.3, -0.25) is 9.69 Å². The lowest BCUT2D eigenvalue weighted by Gasteiger charge is -2.65. The number of piperidine rings is 1. The molecule has 142 valence electrons. The molecule has 2 N–H and O–H groups in total. The van der Waals surface area contributed by atoms with Crippen LogP contribution in [0.4, 0.5) is 0 Å². The van der Waals surface area contributed by atoms with E-state index in [1.165, 1.54) is 0 Å². The highest BCUT2D eigenvalue weighted by Gasteiger charge is 2.85. The molecule has 6 rings (SSSR count). The van der Waals surface area contributed by atoms with Crippen LogP contribution in [0.3, 0.4) is 0 Å². The van der Waals surface area contributed by atoms with Gasteiger partial charge in [0, 0.05) is 35.8 Å². The zero-order valence-corrected chi connectivity index (χ0v) is 15.9. The van der Waals surface area contributed by atoms with Crippen molar-refractivity contribution in [2.75, 3.05) is 13.1 Å². The lowest BCUT2D eigenvalue weighted by Crippen LogP contribution is -2.68. The van der Waals surface area contributed by atoms with Crippen LogP contribution in [0.15, 0.2) is 12.2 Å². The Morgan fingerprint density at radius 1 is 1.31 bits per heavy atom. The number of hydrogen-bond donors (Lipinski definition) is 2. The Balaban J connectivity index is 1.62. The summed E-state index contributed by atoms with van der Waals surface area (Å²) in [5, 5.41) is 22.8. The molecule has 7 bridgehead atoms. The van der Waals surface area contributed by atoms with E-state index in [1.807, 2.05) is 0 Å². The van der Waals surface area contributed by atoms with E-state index in [-0.39, 0.29) is 40.0 Å². The topological polar surface area (TPSA) is 60.8 Å². The Bertz CT molecular complexity index is 735. The maximum atomic E-state index is 13.0. The first kappa shape index (κ1) is 16.3. The van der Waals surface area contributed by atoms with Gasteiger partial charge in [0.05, 0.1) is 12.2 Å². The van der Waals surface area contributed by atoms with Crippen molar-refractivity contribution in [3.63, 3.8) is 0 Å². The number of aliphatic hydroxyl groups excluding tert-OH is 2. The molecule has 0 aromatic heterocycles.